The molecule has 8 atom stereocenters. The van der Waals surface area contributed by atoms with E-state index in [0.29, 0.717) is 25.7 Å². The fourth-order valence-corrected chi connectivity index (χ4v) is 7.49. The molecule has 5 nitrogen and oxygen atoms in total. The van der Waals surface area contributed by atoms with Crippen molar-refractivity contribution in [2.24, 2.45) is 28.6 Å². The van der Waals surface area contributed by atoms with Crippen molar-refractivity contribution in [1.29, 1.82) is 0 Å². The van der Waals surface area contributed by atoms with Crippen molar-refractivity contribution in [3.05, 3.63) is 11.6 Å². The van der Waals surface area contributed by atoms with Gasteiger partial charge in [-0.15, -0.1) is 0 Å². The SMILES string of the molecule is C[C@@H]1C[C@@]2(C)C(=CC1=O)CC[C@H]1[C@@H]3CC[C@](O)(C(=O)CO)[C@@]3(C)C[C@H](O)[C@@]12F. The number of hydrogen-bond donors (Lipinski definition) is 3. The van der Waals surface area contributed by atoms with Gasteiger partial charge in [-0.1, -0.05) is 26.3 Å². The summed E-state index contributed by atoms with van der Waals surface area (Å²) < 4.78 is 17.0. The highest BCUT2D eigenvalue weighted by atomic mass is 19.1. The molecule has 156 valence electrons. The Kier molecular flexibility index (Phi) is 4.29. The van der Waals surface area contributed by atoms with Crippen molar-refractivity contribution in [3.63, 3.8) is 0 Å². The molecule has 3 N–H and O–H groups in total. The number of halogens is 1. The quantitative estimate of drug-likeness (QED) is 0.667. The van der Waals surface area contributed by atoms with Crippen LogP contribution in [0.15, 0.2) is 11.6 Å². The van der Waals surface area contributed by atoms with Gasteiger partial charge < -0.3 is 15.3 Å². The molecule has 3 saturated carbocycles. The summed E-state index contributed by atoms with van der Waals surface area (Å²) in [6.45, 7) is 4.65. The first-order valence-electron chi connectivity index (χ1n) is 10.4. The van der Waals surface area contributed by atoms with Crippen molar-refractivity contribution < 1.29 is 29.3 Å². The number of aliphatic hydroxyl groups is 3. The van der Waals surface area contributed by atoms with Crippen molar-refractivity contribution in [2.45, 2.75) is 76.7 Å². The van der Waals surface area contributed by atoms with Gasteiger partial charge in [0.15, 0.2) is 11.6 Å². The van der Waals surface area contributed by atoms with Crippen LogP contribution in [0, 0.1) is 28.6 Å². The molecular formula is C22H31FO5. The minimum absolute atomic E-state index is 0.0217. The van der Waals surface area contributed by atoms with E-state index in [4.69, 9.17) is 0 Å². The van der Waals surface area contributed by atoms with Gasteiger partial charge in [0.1, 0.15) is 17.9 Å². The molecule has 0 aromatic heterocycles. The number of carbonyl (C=O) groups excluding carboxylic acids is 2. The number of fused-ring (bicyclic) bond motifs is 5. The second-order valence-corrected chi connectivity index (χ2v) is 10.1. The van der Waals surface area contributed by atoms with Crippen molar-refractivity contribution >= 4 is 11.6 Å². The van der Waals surface area contributed by atoms with Crippen molar-refractivity contribution in [2.75, 3.05) is 6.61 Å². The van der Waals surface area contributed by atoms with E-state index in [0.717, 1.165) is 5.57 Å². The number of Topliss-reactive ketones (excluding diaryl/α,β-unsaturated/α-hetero) is 1. The number of alkyl halides is 1. The van der Waals surface area contributed by atoms with Crippen LogP contribution in [0.25, 0.3) is 0 Å². The molecule has 4 rings (SSSR count). The molecule has 0 heterocycles. The number of rotatable bonds is 2. The lowest BCUT2D eigenvalue weighted by atomic mass is 9.43. The largest absolute Gasteiger partial charge is 0.390 e. The average molecular weight is 394 g/mol. The van der Waals surface area contributed by atoms with Crippen LogP contribution in [0.1, 0.15) is 59.3 Å². The van der Waals surface area contributed by atoms with Gasteiger partial charge in [-0.3, -0.25) is 9.59 Å². The molecule has 3 fully saturated rings. The molecule has 28 heavy (non-hydrogen) atoms. The Balaban J connectivity index is 1.80. The van der Waals surface area contributed by atoms with Crippen LogP contribution >= 0.6 is 0 Å². The topological polar surface area (TPSA) is 94.8 Å². The van der Waals surface area contributed by atoms with E-state index in [9.17, 15) is 24.9 Å². The Bertz CT molecular complexity index is 764. The zero-order chi connectivity index (χ0) is 20.7. The standard InChI is InChI=1S/C22H31FO5/c1-12-9-19(2)13(8-16(12)25)4-5-15-14-6-7-21(28,18(27)11-24)20(14,3)10-17(26)22(15,19)23/h8,12,14-15,17,24,26,28H,4-7,9-11H2,1-3H3/t12-,14+,15+,17+,19+,20+,21+,22+/m1/s1. The van der Waals surface area contributed by atoms with Crippen LogP contribution < -0.4 is 0 Å². The lowest BCUT2D eigenvalue weighted by Gasteiger charge is -2.63. The monoisotopic (exact) mass is 394 g/mol. The summed E-state index contributed by atoms with van der Waals surface area (Å²) in [7, 11) is 0. The number of carbonyl (C=O) groups is 2. The highest BCUT2D eigenvalue weighted by molar-refractivity contribution is 5.93. The number of allylic oxidation sites excluding steroid dienone is 1. The highest BCUT2D eigenvalue weighted by Crippen LogP contribution is 2.70. The van der Waals surface area contributed by atoms with Gasteiger partial charge in [-0.2, -0.15) is 0 Å². The third-order valence-corrected chi connectivity index (χ3v) is 9.11. The van der Waals surface area contributed by atoms with E-state index < -0.39 is 46.5 Å². The third kappa shape index (κ3) is 2.12. The summed E-state index contributed by atoms with van der Waals surface area (Å²) in [5, 5.41) is 31.7. The summed E-state index contributed by atoms with van der Waals surface area (Å²) in [5.41, 5.74) is -4.74. The first-order valence-corrected chi connectivity index (χ1v) is 10.4. The number of aliphatic hydroxyl groups excluding tert-OH is 2. The molecule has 0 aliphatic heterocycles. The first-order chi connectivity index (χ1) is 13.0. The average Bonchev–Trinajstić information content (AvgIpc) is 2.89. The van der Waals surface area contributed by atoms with Gasteiger partial charge in [0.2, 0.25) is 0 Å². The van der Waals surface area contributed by atoms with Gasteiger partial charge in [0.05, 0.1) is 6.10 Å². The van der Waals surface area contributed by atoms with Crippen LogP contribution in [-0.4, -0.2) is 50.9 Å². The molecule has 0 unspecified atom stereocenters. The maximum absolute atomic E-state index is 17.0. The zero-order valence-corrected chi connectivity index (χ0v) is 16.9. The van der Waals surface area contributed by atoms with Gasteiger partial charge in [0, 0.05) is 22.7 Å². The molecule has 0 saturated heterocycles. The smallest absolute Gasteiger partial charge is 0.190 e. The predicted molar refractivity (Wildman–Crippen MR) is 100 cm³/mol. The molecule has 4 aliphatic carbocycles. The molecule has 0 aromatic rings. The highest BCUT2D eigenvalue weighted by Gasteiger charge is 2.74. The minimum Gasteiger partial charge on any atom is -0.390 e. The summed E-state index contributed by atoms with van der Waals surface area (Å²) in [5.74, 6) is -1.67. The molecule has 0 amide bonds. The first kappa shape index (κ1) is 20.2. The van der Waals surface area contributed by atoms with E-state index in [-0.39, 0.29) is 30.5 Å². The van der Waals surface area contributed by atoms with Crippen molar-refractivity contribution in [1.82, 2.24) is 0 Å². The predicted octanol–water partition coefficient (Wildman–Crippen LogP) is 2.12. The Morgan fingerprint density at radius 2 is 1.93 bits per heavy atom. The minimum atomic E-state index is -1.90. The number of hydrogen-bond acceptors (Lipinski definition) is 5. The van der Waals surface area contributed by atoms with E-state index in [2.05, 4.69) is 0 Å². The van der Waals surface area contributed by atoms with Crippen LogP contribution in [0.5, 0.6) is 0 Å². The lowest BCUT2D eigenvalue weighted by Crippen LogP contribution is -2.69. The van der Waals surface area contributed by atoms with Gasteiger partial charge in [-0.25, -0.2) is 4.39 Å². The van der Waals surface area contributed by atoms with E-state index in [1.807, 2.05) is 6.92 Å². The van der Waals surface area contributed by atoms with Crippen LogP contribution in [-0.2, 0) is 9.59 Å². The zero-order valence-electron chi connectivity index (χ0n) is 16.9. The van der Waals surface area contributed by atoms with Gasteiger partial charge in [-0.05, 0) is 50.5 Å². The Morgan fingerprint density at radius 3 is 2.57 bits per heavy atom. The molecule has 0 aromatic carbocycles. The molecule has 0 radical (unpaired) electrons. The van der Waals surface area contributed by atoms with Crippen LogP contribution in [0.4, 0.5) is 4.39 Å². The van der Waals surface area contributed by atoms with Crippen LogP contribution in [0.3, 0.4) is 0 Å². The summed E-state index contributed by atoms with van der Waals surface area (Å²) >= 11 is 0. The van der Waals surface area contributed by atoms with E-state index >= 15 is 4.39 Å². The molecule has 0 spiro atoms. The normalized spacial score (nSPS) is 53.1. The fraction of sp³-hybridized carbons (Fsp3) is 0.818. The Hall–Kier alpha value is -1.11. The van der Waals surface area contributed by atoms with E-state index in [1.54, 1.807) is 19.9 Å². The second-order valence-electron chi connectivity index (χ2n) is 10.1. The summed E-state index contributed by atoms with van der Waals surface area (Å²) in [6, 6.07) is 0. The van der Waals surface area contributed by atoms with Gasteiger partial charge in [0.25, 0.3) is 0 Å². The summed E-state index contributed by atoms with van der Waals surface area (Å²) in [6.07, 6.45) is 2.34. The molecule has 4 aliphatic rings. The maximum atomic E-state index is 17.0. The van der Waals surface area contributed by atoms with E-state index in [1.165, 1.54) is 0 Å². The summed E-state index contributed by atoms with van der Waals surface area (Å²) in [4.78, 5) is 24.6. The Labute approximate surface area is 165 Å². The van der Waals surface area contributed by atoms with Crippen molar-refractivity contribution in [3.8, 4) is 0 Å². The third-order valence-electron chi connectivity index (χ3n) is 9.11. The van der Waals surface area contributed by atoms with Gasteiger partial charge >= 0.3 is 0 Å². The second kappa shape index (κ2) is 5.96. The molecule has 6 heteroatoms. The fourth-order valence-electron chi connectivity index (χ4n) is 7.49. The van der Waals surface area contributed by atoms with Crippen LogP contribution in [0.2, 0.25) is 0 Å². The maximum Gasteiger partial charge on any atom is 0.190 e. The lowest BCUT2D eigenvalue weighted by molar-refractivity contribution is -0.228. The Morgan fingerprint density at radius 1 is 1.25 bits per heavy atom. The molecule has 0 bridgehead atoms. The molecular weight excluding hydrogens is 363 g/mol. The number of ketones is 2.